The minimum absolute atomic E-state index is 0.185. The lowest BCUT2D eigenvalue weighted by molar-refractivity contribution is 0.0596. The van der Waals surface area contributed by atoms with Crippen molar-refractivity contribution in [1.82, 2.24) is 0 Å². The van der Waals surface area contributed by atoms with E-state index in [2.05, 4.69) is 10.1 Å². The molecule has 0 aliphatic heterocycles. The van der Waals surface area contributed by atoms with Crippen LogP contribution >= 0.6 is 11.3 Å². The summed E-state index contributed by atoms with van der Waals surface area (Å²) in [7, 11) is 1.19. The summed E-state index contributed by atoms with van der Waals surface area (Å²) < 4.78 is 10.3. The van der Waals surface area contributed by atoms with Crippen LogP contribution in [0.5, 0.6) is 0 Å². The van der Waals surface area contributed by atoms with E-state index in [-0.39, 0.29) is 11.5 Å². The fourth-order valence-electron chi connectivity index (χ4n) is 2.88. The number of hydrogen-bond acceptors (Lipinski definition) is 6. The van der Waals surface area contributed by atoms with Crippen LogP contribution in [0.1, 0.15) is 20.7 Å². The van der Waals surface area contributed by atoms with Gasteiger partial charge in [0, 0.05) is 11.6 Å². The van der Waals surface area contributed by atoms with Crippen molar-refractivity contribution in [2.75, 3.05) is 12.4 Å². The van der Waals surface area contributed by atoms with Gasteiger partial charge in [-0.1, -0.05) is 42.5 Å². The Morgan fingerprint density at radius 1 is 0.966 bits per heavy atom. The van der Waals surface area contributed by atoms with Crippen molar-refractivity contribution in [2.24, 2.45) is 0 Å². The van der Waals surface area contributed by atoms with Crippen molar-refractivity contribution in [3.8, 4) is 11.1 Å². The Kier molecular flexibility index (Phi) is 4.97. The summed E-state index contributed by atoms with van der Waals surface area (Å²) in [5.41, 5.74) is 1.77. The Labute approximate surface area is 169 Å². The zero-order valence-electron chi connectivity index (χ0n) is 15.3. The van der Waals surface area contributed by atoms with E-state index < -0.39 is 11.6 Å². The number of anilines is 1. The molecule has 0 saturated carbocycles. The van der Waals surface area contributed by atoms with Crippen LogP contribution in [-0.2, 0) is 4.74 Å². The molecule has 29 heavy (non-hydrogen) atoms. The van der Waals surface area contributed by atoms with Crippen LogP contribution in [0.2, 0.25) is 0 Å². The molecule has 0 aliphatic rings. The lowest BCUT2D eigenvalue weighted by Crippen LogP contribution is -2.14. The molecule has 4 rings (SSSR count). The van der Waals surface area contributed by atoms with E-state index in [0.717, 1.165) is 11.1 Å². The van der Waals surface area contributed by atoms with Crippen LogP contribution in [-0.4, -0.2) is 19.0 Å². The third-order valence-corrected chi connectivity index (χ3v) is 5.28. The maximum Gasteiger partial charge on any atom is 0.351 e. The summed E-state index contributed by atoms with van der Waals surface area (Å²) in [5, 5.41) is 3.31. The highest BCUT2D eigenvalue weighted by atomic mass is 32.1. The second-order valence-electron chi connectivity index (χ2n) is 6.18. The maximum absolute atomic E-state index is 12.7. The predicted molar refractivity (Wildman–Crippen MR) is 112 cm³/mol. The molecule has 0 fully saturated rings. The number of carbonyl (C=O) groups excluding carboxylic acids is 2. The lowest BCUT2D eigenvalue weighted by Gasteiger charge is -2.06. The first kappa shape index (κ1) is 18.6. The monoisotopic (exact) mass is 405 g/mol. The van der Waals surface area contributed by atoms with Gasteiger partial charge in [0.2, 0.25) is 0 Å². The highest BCUT2D eigenvalue weighted by Crippen LogP contribution is 2.30. The van der Waals surface area contributed by atoms with E-state index >= 15 is 0 Å². The number of fused-ring (bicyclic) bond motifs is 1. The zero-order chi connectivity index (χ0) is 20.4. The average molecular weight is 405 g/mol. The number of hydrogen-bond donors (Lipinski definition) is 1. The first-order chi connectivity index (χ1) is 14.0. The molecule has 0 spiro atoms. The Morgan fingerprint density at radius 2 is 1.72 bits per heavy atom. The quantitative estimate of drug-likeness (QED) is 0.503. The van der Waals surface area contributed by atoms with Crippen molar-refractivity contribution in [3.63, 3.8) is 0 Å². The molecule has 0 atom stereocenters. The van der Waals surface area contributed by atoms with E-state index in [1.54, 1.807) is 12.1 Å². The molecule has 0 aliphatic carbocycles. The fourth-order valence-corrected chi connectivity index (χ4v) is 3.81. The van der Waals surface area contributed by atoms with Gasteiger partial charge in [-0.25, -0.2) is 9.59 Å². The SMILES string of the molecule is COC(=O)c1cc2sc(NC(=O)c3cccc(-c4ccccc4)c3)cc2oc1=O. The summed E-state index contributed by atoms with van der Waals surface area (Å²) in [6.45, 7) is 0. The second kappa shape index (κ2) is 7.73. The topological polar surface area (TPSA) is 85.6 Å². The molecule has 4 aromatic rings. The Hall–Kier alpha value is -3.71. The normalized spacial score (nSPS) is 10.7. The number of ether oxygens (including phenoxy) is 1. The van der Waals surface area contributed by atoms with Gasteiger partial charge in [0.15, 0.2) is 5.58 Å². The van der Waals surface area contributed by atoms with Crippen molar-refractivity contribution in [3.05, 3.63) is 88.3 Å². The maximum atomic E-state index is 12.7. The van der Waals surface area contributed by atoms with Gasteiger partial charge >= 0.3 is 11.6 Å². The van der Waals surface area contributed by atoms with Crippen molar-refractivity contribution in [2.45, 2.75) is 0 Å². The van der Waals surface area contributed by atoms with Gasteiger partial charge in [-0.15, -0.1) is 11.3 Å². The number of rotatable bonds is 4. The van der Waals surface area contributed by atoms with Crippen molar-refractivity contribution < 1.29 is 18.7 Å². The molecule has 0 bridgehead atoms. The van der Waals surface area contributed by atoms with Crippen LogP contribution in [0.3, 0.4) is 0 Å². The molecule has 7 heteroatoms. The first-order valence-corrected chi connectivity index (χ1v) is 9.49. The number of nitrogens with one attached hydrogen (secondary N) is 1. The Morgan fingerprint density at radius 3 is 2.48 bits per heavy atom. The number of esters is 1. The molecule has 144 valence electrons. The average Bonchev–Trinajstić information content (AvgIpc) is 3.14. The first-order valence-electron chi connectivity index (χ1n) is 8.68. The molecule has 0 saturated heterocycles. The molecule has 0 radical (unpaired) electrons. The highest BCUT2D eigenvalue weighted by molar-refractivity contribution is 7.22. The second-order valence-corrected chi connectivity index (χ2v) is 7.26. The highest BCUT2D eigenvalue weighted by Gasteiger charge is 2.17. The molecule has 6 nitrogen and oxygen atoms in total. The zero-order valence-corrected chi connectivity index (χ0v) is 16.1. The van der Waals surface area contributed by atoms with Gasteiger partial charge in [0.05, 0.1) is 16.8 Å². The molecule has 1 N–H and O–H groups in total. The summed E-state index contributed by atoms with van der Waals surface area (Å²) in [6, 6.07) is 20.0. The fraction of sp³-hybridized carbons (Fsp3) is 0.0455. The number of carbonyl (C=O) groups is 2. The Balaban J connectivity index is 1.61. The van der Waals surface area contributed by atoms with Gasteiger partial charge in [0.1, 0.15) is 5.56 Å². The summed E-state index contributed by atoms with van der Waals surface area (Å²) in [6.07, 6.45) is 0. The minimum atomic E-state index is -0.782. The smallest absolute Gasteiger partial charge is 0.351 e. The van der Waals surface area contributed by atoms with Gasteiger partial charge in [-0.3, -0.25) is 4.79 Å². The number of benzene rings is 2. The van der Waals surface area contributed by atoms with Crippen LogP contribution in [0, 0.1) is 0 Å². The number of thiophene rings is 1. The van der Waals surface area contributed by atoms with E-state index in [9.17, 15) is 14.4 Å². The van der Waals surface area contributed by atoms with Crippen LogP contribution in [0.25, 0.3) is 21.4 Å². The van der Waals surface area contributed by atoms with Crippen LogP contribution < -0.4 is 10.9 Å². The third kappa shape index (κ3) is 3.81. The molecular formula is C22H15NO5S. The lowest BCUT2D eigenvalue weighted by atomic mass is 10.0. The molecule has 1 amide bonds. The van der Waals surface area contributed by atoms with Crippen molar-refractivity contribution in [1.29, 1.82) is 0 Å². The van der Waals surface area contributed by atoms with Crippen LogP contribution in [0.15, 0.2) is 75.9 Å². The summed E-state index contributed by atoms with van der Waals surface area (Å²) >= 11 is 1.20. The van der Waals surface area contributed by atoms with E-state index in [4.69, 9.17) is 4.42 Å². The molecule has 2 heterocycles. The van der Waals surface area contributed by atoms with Gasteiger partial charge in [-0.2, -0.15) is 0 Å². The number of methoxy groups -OCH3 is 1. The summed E-state index contributed by atoms with van der Waals surface area (Å²) in [4.78, 5) is 36.2. The predicted octanol–water partition coefficient (Wildman–Crippen LogP) is 4.56. The molecule has 0 unspecified atom stereocenters. The van der Waals surface area contributed by atoms with Gasteiger partial charge in [-0.05, 0) is 29.3 Å². The number of amides is 1. The van der Waals surface area contributed by atoms with E-state index in [1.807, 2.05) is 48.5 Å². The molecule has 2 aromatic heterocycles. The third-order valence-electron chi connectivity index (χ3n) is 4.30. The van der Waals surface area contributed by atoms with Crippen molar-refractivity contribution >= 4 is 38.5 Å². The Bertz CT molecular complexity index is 1270. The molecule has 2 aromatic carbocycles. The largest absolute Gasteiger partial charge is 0.465 e. The van der Waals surface area contributed by atoms with Gasteiger partial charge < -0.3 is 14.5 Å². The summed E-state index contributed by atoms with van der Waals surface area (Å²) in [5.74, 6) is -1.05. The van der Waals surface area contributed by atoms with Gasteiger partial charge in [0.25, 0.3) is 5.91 Å². The van der Waals surface area contributed by atoms with Crippen LogP contribution in [0.4, 0.5) is 5.00 Å². The standard InChI is InChI=1S/C22H15NO5S/c1-27-21(25)16-11-18-17(28-22(16)26)12-19(29-18)23-20(24)15-9-5-8-14(10-15)13-6-3-2-4-7-13/h2-12H,1H3,(H,23,24). The minimum Gasteiger partial charge on any atom is -0.465 e. The van der Waals surface area contributed by atoms with E-state index in [1.165, 1.54) is 24.5 Å². The molecular weight excluding hydrogens is 390 g/mol. The van der Waals surface area contributed by atoms with E-state index in [0.29, 0.717) is 20.8 Å².